The summed E-state index contributed by atoms with van der Waals surface area (Å²) in [6.07, 6.45) is 7.34. The zero-order chi connectivity index (χ0) is 17.9. The van der Waals surface area contributed by atoms with Crippen LogP contribution < -0.4 is 15.4 Å². The van der Waals surface area contributed by atoms with E-state index in [9.17, 15) is 4.79 Å². The number of ether oxygens (including phenoxy) is 1. The Kier molecular flexibility index (Phi) is 4.98. The minimum absolute atomic E-state index is 0.132. The molecule has 2 atom stereocenters. The van der Waals surface area contributed by atoms with Crippen LogP contribution in [0.5, 0.6) is 5.75 Å². The number of carbonyl (C=O) groups excluding carboxylic acids is 1. The molecule has 0 aliphatic heterocycles. The lowest BCUT2D eigenvalue weighted by molar-refractivity contribution is 0.0862. The van der Waals surface area contributed by atoms with Crippen LogP contribution >= 0.6 is 0 Å². The largest absolute Gasteiger partial charge is 0.497 e. The first kappa shape index (κ1) is 17.2. The Bertz CT molecular complexity index is 747. The number of hydrogen-bond donors (Lipinski definition) is 2. The lowest BCUT2D eigenvalue weighted by Gasteiger charge is -2.39. The molecule has 0 unspecified atom stereocenters. The fraction of sp³-hybridized carbons (Fsp3) is 0.476. The first-order chi connectivity index (χ1) is 12.7. The third kappa shape index (κ3) is 3.63. The van der Waals surface area contributed by atoms with Gasteiger partial charge in [0.25, 0.3) is 5.91 Å². The zero-order valence-corrected chi connectivity index (χ0v) is 15.2. The number of benzene rings is 1. The summed E-state index contributed by atoms with van der Waals surface area (Å²) >= 11 is 0. The van der Waals surface area contributed by atoms with Gasteiger partial charge < -0.3 is 19.8 Å². The van der Waals surface area contributed by atoms with Gasteiger partial charge in [0.15, 0.2) is 5.76 Å². The Morgan fingerprint density at radius 2 is 1.73 bits per heavy atom. The van der Waals surface area contributed by atoms with Gasteiger partial charge in [-0.1, -0.05) is 12.8 Å². The molecule has 0 radical (unpaired) electrons. The van der Waals surface area contributed by atoms with E-state index in [1.165, 1.54) is 25.7 Å². The second-order valence-electron chi connectivity index (χ2n) is 7.30. The number of rotatable bonds is 6. The number of methoxy groups -OCH3 is 1. The smallest absolute Gasteiger partial charge is 0.287 e. The van der Waals surface area contributed by atoms with Crippen molar-refractivity contribution in [2.75, 3.05) is 7.11 Å². The summed E-state index contributed by atoms with van der Waals surface area (Å²) in [6.45, 7) is 0. The highest BCUT2D eigenvalue weighted by molar-refractivity contribution is 5.92. The Morgan fingerprint density at radius 1 is 1.00 bits per heavy atom. The summed E-state index contributed by atoms with van der Waals surface area (Å²) in [7, 11) is 1.64. The van der Waals surface area contributed by atoms with Crippen molar-refractivity contribution in [1.82, 2.24) is 10.6 Å². The van der Waals surface area contributed by atoms with Gasteiger partial charge in [-0.25, -0.2) is 0 Å². The molecule has 2 saturated carbocycles. The second kappa shape index (κ2) is 7.54. The molecule has 138 valence electrons. The van der Waals surface area contributed by atoms with Crippen molar-refractivity contribution in [2.45, 2.75) is 56.7 Å². The van der Waals surface area contributed by atoms with Gasteiger partial charge in [-0.05, 0) is 62.1 Å². The highest BCUT2D eigenvalue weighted by Gasteiger charge is 2.34. The third-order valence-electron chi connectivity index (χ3n) is 5.60. The van der Waals surface area contributed by atoms with Crippen LogP contribution in [0.15, 0.2) is 40.8 Å². The van der Waals surface area contributed by atoms with E-state index in [-0.39, 0.29) is 11.9 Å². The fourth-order valence-corrected chi connectivity index (χ4v) is 3.88. The van der Waals surface area contributed by atoms with E-state index in [4.69, 9.17) is 9.15 Å². The van der Waals surface area contributed by atoms with Gasteiger partial charge in [-0.15, -0.1) is 0 Å². The molecule has 4 rings (SSSR count). The highest BCUT2D eigenvalue weighted by Crippen LogP contribution is 2.27. The van der Waals surface area contributed by atoms with Crippen molar-refractivity contribution in [3.8, 4) is 17.1 Å². The number of hydrogen-bond acceptors (Lipinski definition) is 4. The third-order valence-corrected chi connectivity index (χ3v) is 5.60. The lowest BCUT2D eigenvalue weighted by Crippen LogP contribution is -2.58. The predicted octanol–water partition coefficient (Wildman–Crippen LogP) is 3.75. The van der Waals surface area contributed by atoms with Crippen molar-refractivity contribution >= 4 is 5.91 Å². The number of furan rings is 1. The average Bonchev–Trinajstić information content (AvgIpc) is 3.35. The van der Waals surface area contributed by atoms with Crippen molar-refractivity contribution in [2.24, 2.45) is 0 Å². The zero-order valence-electron chi connectivity index (χ0n) is 15.2. The van der Waals surface area contributed by atoms with Gasteiger partial charge in [-0.3, -0.25) is 4.79 Å². The standard InChI is InChI=1S/C21H26N2O3/c1-25-16-8-6-14(7-9-16)19-12-13-20(26-19)21(24)23-18-11-10-17(18)22-15-4-2-3-5-15/h6-9,12-13,15,17-18,22H,2-5,10-11H2,1H3,(H,23,24)/t17-,18+/m1/s1. The van der Waals surface area contributed by atoms with Gasteiger partial charge in [0.05, 0.1) is 7.11 Å². The first-order valence-corrected chi connectivity index (χ1v) is 9.54. The Morgan fingerprint density at radius 3 is 2.38 bits per heavy atom. The minimum atomic E-state index is -0.132. The van der Waals surface area contributed by atoms with Crippen LogP contribution in [-0.2, 0) is 0 Å². The molecule has 1 aromatic heterocycles. The van der Waals surface area contributed by atoms with E-state index in [0.717, 1.165) is 24.2 Å². The molecule has 0 spiro atoms. The molecule has 2 N–H and O–H groups in total. The maximum Gasteiger partial charge on any atom is 0.287 e. The summed E-state index contributed by atoms with van der Waals surface area (Å²) in [6, 6.07) is 12.4. The number of carbonyl (C=O) groups is 1. The van der Waals surface area contributed by atoms with Crippen molar-refractivity contribution < 1.29 is 13.9 Å². The molecule has 2 aliphatic carbocycles. The number of nitrogens with one attached hydrogen (secondary N) is 2. The molecular weight excluding hydrogens is 328 g/mol. The van der Waals surface area contributed by atoms with E-state index in [2.05, 4.69) is 10.6 Å². The monoisotopic (exact) mass is 354 g/mol. The number of amides is 1. The molecule has 2 fully saturated rings. The quantitative estimate of drug-likeness (QED) is 0.829. The Hall–Kier alpha value is -2.27. The summed E-state index contributed by atoms with van der Waals surface area (Å²) in [5.74, 6) is 1.71. The summed E-state index contributed by atoms with van der Waals surface area (Å²) in [4.78, 5) is 12.5. The molecule has 5 nitrogen and oxygen atoms in total. The molecule has 2 aliphatic rings. The van der Waals surface area contributed by atoms with Gasteiger partial charge in [-0.2, -0.15) is 0 Å². The van der Waals surface area contributed by atoms with E-state index in [1.807, 2.05) is 30.3 Å². The molecule has 0 saturated heterocycles. The van der Waals surface area contributed by atoms with E-state index < -0.39 is 0 Å². The van der Waals surface area contributed by atoms with Crippen LogP contribution in [0.1, 0.15) is 49.1 Å². The fourth-order valence-electron chi connectivity index (χ4n) is 3.88. The lowest BCUT2D eigenvalue weighted by atomic mass is 9.85. The highest BCUT2D eigenvalue weighted by atomic mass is 16.5. The molecule has 5 heteroatoms. The van der Waals surface area contributed by atoms with Gasteiger partial charge >= 0.3 is 0 Å². The van der Waals surface area contributed by atoms with Crippen LogP contribution in [0.2, 0.25) is 0 Å². The van der Waals surface area contributed by atoms with Crippen molar-refractivity contribution in [1.29, 1.82) is 0 Å². The molecular formula is C21H26N2O3. The van der Waals surface area contributed by atoms with Crippen LogP contribution in [0.25, 0.3) is 11.3 Å². The SMILES string of the molecule is COc1ccc(-c2ccc(C(=O)N[C@H]3CC[C@H]3NC3CCCC3)o2)cc1. The van der Waals surface area contributed by atoms with Crippen molar-refractivity contribution in [3.63, 3.8) is 0 Å². The van der Waals surface area contributed by atoms with Crippen LogP contribution in [0.4, 0.5) is 0 Å². The van der Waals surface area contributed by atoms with Crippen molar-refractivity contribution in [3.05, 3.63) is 42.2 Å². The molecule has 26 heavy (non-hydrogen) atoms. The van der Waals surface area contributed by atoms with Gasteiger partial charge in [0.2, 0.25) is 0 Å². The topological polar surface area (TPSA) is 63.5 Å². The van der Waals surface area contributed by atoms with Gasteiger partial charge in [0, 0.05) is 23.7 Å². The molecule has 1 aromatic carbocycles. The maximum absolute atomic E-state index is 12.5. The van der Waals surface area contributed by atoms with Gasteiger partial charge in [0.1, 0.15) is 11.5 Å². The van der Waals surface area contributed by atoms with Crippen LogP contribution in [0, 0.1) is 0 Å². The second-order valence-corrected chi connectivity index (χ2v) is 7.30. The summed E-state index contributed by atoms with van der Waals surface area (Å²) < 4.78 is 10.9. The maximum atomic E-state index is 12.5. The van der Waals surface area contributed by atoms with E-state index >= 15 is 0 Å². The average molecular weight is 354 g/mol. The molecule has 0 bridgehead atoms. The summed E-state index contributed by atoms with van der Waals surface area (Å²) in [5, 5.41) is 6.83. The van der Waals surface area contributed by atoms with Crippen LogP contribution in [-0.4, -0.2) is 31.1 Å². The van der Waals surface area contributed by atoms with E-state index in [1.54, 1.807) is 13.2 Å². The predicted molar refractivity (Wildman–Crippen MR) is 100 cm³/mol. The Balaban J connectivity index is 1.35. The minimum Gasteiger partial charge on any atom is -0.497 e. The Labute approximate surface area is 154 Å². The normalized spacial score (nSPS) is 22.8. The summed E-state index contributed by atoms with van der Waals surface area (Å²) in [5.41, 5.74) is 0.925. The molecule has 2 aromatic rings. The first-order valence-electron chi connectivity index (χ1n) is 9.54. The molecule has 1 amide bonds. The van der Waals surface area contributed by atoms with E-state index in [0.29, 0.717) is 23.6 Å². The molecule has 1 heterocycles. The van der Waals surface area contributed by atoms with Crippen LogP contribution in [0.3, 0.4) is 0 Å².